The summed E-state index contributed by atoms with van der Waals surface area (Å²) in [6, 6.07) is -0.570. The minimum Gasteiger partial charge on any atom is -0.480 e. The summed E-state index contributed by atoms with van der Waals surface area (Å²) >= 11 is 0. The highest BCUT2D eigenvalue weighted by Crippen LogP contribution is 2.35. The van der Waals surface area contributed by atoms with E-state index in [9.17, 15) is 14.4 Å². The van der Waals surface area contributed by atoms with E-state index < -0.39 is 24.1 Å². The van der Waals surface area contributed by atoms with Crippen LogP contribution < -0.4 is 5.32 Å². The zero-order valence-electron chi connectivity index (χ0n) is 9.57. The van der Waals surface area contributed by atoms with Crippen LogP contribution in [0.5, 0.6) is 0 Å². The van der Waals surface area contributed by atoms with E-state index in [1.807, 2.05) is 0 Å². The van der Waals surface area contributed by atoms with Gasteiger partial charge in [0.1, 0.15) is 12.1 Å². The van der Waals surface area contributed by atoms with Gasteiger partial charge in [0.25, 0.3) is 5.91 Å². The van der Waals surface area contributed by atoms with Gasteiger partial charge in [-0.05, 0) is 12.8 Å². The molecule has 2 fully saturated rings. The first-order chi connectivity index (χ1) is 8.06. The number of imide groups is 1. The van der Waals surface area contributed by atoms with Crippen LogP contribution in [0.1, 0.15) is 38.5 Å². The van der Waals surface area contributed by atoms with Crippen LogP contribution in [0, 0.1) is 0 Å². The van der Waals surface area contributed by atoms with Crippen LogP contribution >= 0.6 is 0 Å². The standard InChI is InChI=1S/C11H16N2O4/c14-8(15)7-13-10(17)12-9(16)11(13)5-3-1-2-4-6-11/h1-7H2,(H,14,15)(H,12,16,17). The van der Waals surface area contributed by atoms with Crippen molar-refractivity contribution in [3.8, 4) is 0 Å². The quantitative estimate of drug-likeness (QED) is 0.696. The minimum atomic E-state index is -1.08. The Bertz CT molecular complexity index is 358. The fraction of sp³-hybridized carbons (Fsp3) is 0.727. The van der Waals surface area contributed by atoms with Crippen molar-refractivity contribution in [3.05, 3.63) is 0 Å². The van der Waals surface area contributed by atoms with Gasteiger partial charge in [-0.2, -0.15) is 0 Å². The van der Waals surface area contributed by atoms with Crippen molar-refractivity contribution in [1.29, 1.82) is 0 Å². The summed E-state index contributed by atoms with van der Waals surface area (Å²) in [5.41, 5.74) is -0.911. The number of urea groups is 1. The van der Waals surface area contributed by atoms with Crippen molar-refractivity contribution >= 4 is 17.9 Å². The smallest absolute Gasteiger partial charge is 0.325 e. The second-order valence-corrected chi connectivity index (χ2v) is 4.68. The van der Waals surface area contributed by atoms with Crippen molar-refractivity contribution in [2.24, 2.45) is 0 Å². The zero-order valence-corrected chi connectivity index (χ0v) is 9.57. The number of hydrogen-bond acceptors (Lipinski definition) is 3. The van der Waals surface area contributed by atoms with E-state index in [2.05, 4.69) is 5.32 Å². The first kappa shape index (κ1) is 11.9. The molecule has 2 rings (SSSR count). The fourth-order valence-electron chi connectivity index (χ4n) is 2.77. The van der Waals surface area contributed by atoms with Gasteiger partial charge in [-0.1, -0.05) is 25.7 Å². The summed E-state index contributed by atoms with van der Waals surface area (Å²) < 4.78 is 0. The Labute approximate surface area is 99.0 Å². The third kappa shape index (κ3) is 1.99. The Hall–Kier alpha value is -1.59. The largest absolute Gasteiger partial charge is 0.480 e. The van der Waals surface area contributed by atoms with Crippen LogP contribution in [-0.4, -0.2) is 40.0 Å². The third-order valence-corrected chi connectivity index (χ3v) is 3.63. The van der Waals surface area contributed by atoms with Crippen molar-refractivity contribution in [3.63, 3.8) is 0 Å². The topological polar surface area (TPSA) is 86.7 Å². The van der Waals surface area contributed by atoms with E-state index in [4.69, 9.17) is 5.11 Å². The first-order valence-electron chi connectivity index (χ1n) is 5.91. The second kappa shape index (κ2) is 4.35. The van der Waals surface area contributed by atoms with Crippen molar-refractivity contribution in [2.45, 2.75) is 44.1 Å². The van der Waals surface area contributed by atoms with Crippen molar-refractivity contribution in [2.75, 3.05) is 6.54 Å². The molecule has 1 heterocycles. The number of amides is 3. The fourth-order valence-corrected chi connectivity index (χ4v) is 2.77. The number of aliphatic carboxylic acids is 1. The molecule has 0 aromatic rings. The lowest BCUT2D eigenvalue weighted by Crippen LogP contribution is -2.51. The molecule has 0 radical (unpaired) electrons. The Kier molecular flexibility index (Phi) is 3.04. The molecule has 0 atom stereocenters. The molecule has 3 amide bonds. The van der Waals surface area contributed by atoms with Crippen molar-refractivity contribution < 1.29 is 19.5 Å². The van der Waals surface area contributed by atoms with Crippen molar-refractivity contribution in [1.82, 2.24) is 10.2 Å². The molecule has 6 heteroatoms. The summed E-state index contributed by atoms with van der Waals surface area (Å²) in [5, 5.41) is 11.1. The minimum absolute atomic E-state index is 0.328. The maximum absolute atomic E-state index is 11.9. The van der Waals surface area contributed by atoms with Gasteiger partial charge in [-0.25, -0.2) is 4.79 Å². The molecule has 2 N–H and O–H groups in total. The van der Waals surface area contributed by atoms with Gasteiger partial charge in [-0.15, -0.1) is 0 Å². The molecule has 1 aliphatic carbocycles. The number of nitrogens with one attached hydrogen (secondary N) is 1. The maximum atomic E-state index is 11.9. The summed E-state index contributed by atoms with van der Waals surface area (Å²) in [5.74, 6) is -1.41. The lowest BCUT2D eigenvalue weighted by atomic mass is 9.89. The number of carboxylic acid groups (broad SMARTS) is 1. The molecule has 1 saturated carbocycles. The predicted octanol–water partition coefficient (Wildman–Crippen LogP) is 0.716. The van der Waals surface area contributed by atoms with Crippen LogP contribution in [0.2, 0.25) is 0 Å². The predicted molar refractivity (Wildman–Crippen MR) is 58.3 cm³/mol. The molecule has 1 aliphatic heterocycles. The molecule has 1 saturated heterocycles. The number of nitrogens with zero attached hydrogens (tertiary/aromatic N) is 1. The molecule has 94 valence electrons. The molecule has 0 aromatic carbocycles. The van der Waals surface area contributed by atoms with Gasteiger partial charge >= 0.3 is 12.0 Å². The molecule has 0 bridgehead atoms. The van der Waals surface area contributed by atoms with Gasteiger partial charge in [-0.3, -0.25) is 19.8 Å². The van der Waals surface area contributed by atoms with Crippen LogP contribution in [-0.2, 0) is 9.59 Å². The maximum Gasteiger partial charge on any atom is 0.325 e. The van der Waals surface area contributed by atoms with E-state index >= 15 is 0 Å². The van der Waals surface area contributed by atoms with Crippen LogP contribution in [0.25, 0.3) is 0 Å². The Morgan fingerprint density at radius 1 is 1.24 bits per heavy atom. The number of carbonyl (C=O) groups is 3. The van der Waals surface area contributed by atoms with Crippen LogP contribution in [0.15, 0.2) is 0 Å². The summed E-state index contributed by atoms with van der Waals surface area (Å²) in [4.78, 5) is 35.6. The monoisotopic (exact) mass is 240 g/mol. The molecular weight excluding hydrogens is 224 g/mol. The first-order valence-corrected chi connectivity index (χ1v) is 5.91. The SMILES string of the molecule is O=C(O)CN1C(=O)NC(=O)C12CCCCCC2. The Morgan fingerprint density at radius 3 is 2.35 bits per heavy atom. The van der Waals surface area contributed by atoms with E-state index in [0.29, 0.717) is 12.8 Å². The summed E-state index contributed by atoms with van der Waals surface area (Å²) in [7, 11) is 0. The number of hydrogen-bond donors (Lipinski definition) is 2. The zero-order chi connectivity index (χ0) is 12.5. The highest BCUT2D eigenvalue weighted by molar-refractivity contribution is 6.07. The Morgan fingerprint density at radius 2 is 1.82 bits per heavy atom. The van der Waals surface area contributed by atoms with E-state index in [-0.39, 0.29) is 5.91 Å². The third-order valence-electron chi connectivity index (χ3n) is 3.63. The molecule has 2 aliphatic rings. The van der Waals surface area contributed by atoms with Gasteiger partial charge in [0.15, 0.2) is 0 Å². The van der Waals surface area contributed by atoms with E-state index in [1.165, 1.54) is 4.90 Å². The van der Waals surface area contributed by atoms with Gasteiger partial charge < -0.3 is 5.11 Å². The Balaban J connectivity index is 2.28. The molecule has 17 heavy (non-hydrogen) atoms. The molecule has 1 spiro atoms. The lowest BCUT2D eigenvalue weighted by molar-refractivity contribution is -0.139. The average Bonchev–Trinajstić information content (AvgIpc) is 2.48. The molecule has 0 aromatic heterocycles. The average molecular weight is 240 g/mol. The van der Waals surface area contributed by atoms with Gasteiger partial charge in [0.2, 0.25) is 0 Å². The highest BCUT2D eigenvalue weighted by Gasteiger charge is 2.52. The number of carbonyl (C=O) groups excluding carboxylic acids is 2. The molecule has 0 unspecified atom stereocenters. The van der Waals surface area contributed by atoms with Crippen LogP contribution in [0.3, 0.4) is 0 Å². The molecular formula is C11H16N2O4. The highest BCUT2D eigenvalue weighted by atomic mass is 16.4. The van der Waals surface area contributed by atoms with Crippen LogP contribution in [0.4, 0.5) is 4.79 Å². The lowest BCUT2D eigenvalue weighted by Gasteiger charge is -2.33. The van der Waals surface area contributed by atoms with Gasteiger partial charge in [0, 0.05) is 0 Å². The summed E-state index contributed by atoms with van der Waals surface area (Å²) in [6.45, 7) is -0.405. The molecule has 6 nitrogen and oxygen atoms in total. The normalized spacial score (nSPS) is 23.6. The van der Waals surface area contributed by atoms with E-state index in [0.717, 1.165) is 25.7 Å². The van der Waals surface area contributed by atoms with Gasteiger partial charge in [0.05, 0.1) is 0 Å². The summed E-state index contributed by atoms with van der Waals surface area (Å²) in [6.07, 6.45) is 4.91. The van der Waals surface area contributed by atoms with E-state index in [1.54, 1.807) is 0 Å². The number of carboxylic acids is 1. The number of rotatable bonds is 2. The second-order valence-electron chi connectivity index (χ2n) is 4.68.